The first-order valence-electron chi connectivity index (χ1n) is 11.1. The largest absolute Gasteiger partial charge is 0.516 e. The summed E-state index contributed by atoms with van der Waals surface area (Å²) in [6, 6.07) is 0.296. The maximum Gasteiger partial charge on any atom is 0.516 e. The molecule has 0 N–H and O–H groups in total. The molecule has 0 spiro atoms. The lowest BCUT2D eigenvalue weighted by atomic mass is 9.85. The maximum atomic E-state index is 12.4. The van der Waals surface area contributed by atoms with Crippen LogP contribution in [0.4, 0.5) is 4.79 Å². The Balaban J connectivity index is 1.74. The quantitative estimate of drug-likeness (QED) is 0.696. The van der Waals surface area contributed by atoms with Crippen molar-refractivity contribution in [2.45, 2.75) is 104 Å². The predicted molar refractivity (Wildman–Crippen MR) is 118 cm³/mol. The van der Waals surface area contributed by atoms with Crippen LogP contribution < -0.4 is 5.59 Å². The van der Waals surface area contributed by atoms with E-state index in [1.54, 1.807) is 0 Å². The van der Waals surface area contributed by atoms with Crippen molar-refractivity contribution in [2.75, 3.05) is 13.1 Å². The molecule has 0 atom stereocenters. The highest BCUT2D eigenvalue weighted by Gasteiger charge is 2.53. The van der Waals surface area contributed by atoms with E-state index in [0.29, 0.717) is 19.1 Å². The van der Waals surface area contributed by atoms with E-state index in [4.69, 9.17) is 19.0 Å². The van der Waals surface area contributed by atoms with Gasteiger partial charge in [-0.25, -0.2) is 9.78 Å². The molecule has 0 aliphatic carbocycles. The first-order chi connectivity index (χ1) is 13.7. The van der Waals surface area contributed by atoms with Crippen molar-refractivity contribution in [3.05, 3.63) is 12.0 Å². The molecule has 7 nitrogen and oxygen atoms in total. The molecule has 30 heavy (non-hydrogen) atoms. The SMILES string of the molecule is CC(C)c1nc(B2OC(C)(C)C(C)(C)O2)cn1C1CCN(C(=O)OC(C)(C)C)CC1. The number of carbonyl (C=O) groups is 1. The zero-order valence-corrected chi connectivity index (χ0v) is 20.1. The van der Waals surface area contributed by atoms with E-state index in [-0.39, 0.29) is 12.0 Å². The molecule has 0 unspecified atom stereocenters. The third kappa shape index (κ3) is 4.69. The molecule has 2 aliphatic rings. The van der Waals surface area contributed by atoms with Crippen LogP contribution in [0.1, 0.15) is 92.9 Å². The summed E-state index contributed by atoms with van der Waals surface area (Å²) in [6.07, 6.45) is 3.61. The van der Waals surface area contributed by atoms with E-state index in [2.05, 4.69) is 52.3 Å². The minimum atomic E-state index is -0.471. The fourth-order valence-corrected chi connectivity index (χ4v) is 3.88. The van der Waals surface area contributed by atoms with Crippen LogP contribution in [-0.2, 0) is 14.0 Å². The molecule has 3 heterocycles. The summed E-state index contributed by atoms with van der Waals surface area (Å²) < 4.78 is 20.2. The fraction of sp³-hybridized carbons (Fsp3) is 0.818. The van der Waals surface area contributed by atoms with Gasteiger partial charge in [0.05, 0.1) is 16.8 Å². The van der Waals surface area contributed by atoms with Crippen LogP contribution in [0, 0.1) is 0 Å². The molecule has 8 heteroatoms. The Bertz CT molecular complexity index is 758. The van der Waals surface area contributed by atoms with Crippen LogP contribution in [0.25, 0.3) is 0 Å². The first kappa shape index (κ1) is 23.1. The van der Waals surface area contributed by atoms with E-state index >= 15 is 0 Å². The average Bonchev–Trinajstić information content (AvgIpc) is 3.13. The van der Waals surface area contributed by atoms with Crippen molar-refractivity contribution in [1.82, 2.24) is 14.5 Å². The van der Waals surface area contributed by atoms with Gasteiger partial charge in [-0.3, -0.25) is 0 Å². The molecule has 2 fully saturated rings. The van der Waals surface area contributed by atoms with Gasteiger partial charge in [-0.1, -0.05) is 13.8 Å². The predicted octanol–water partition coefficient (Wildman–Crippen LogP) is 3.88. The molecule has 1 amide bonds. The van der Waals surface area contributed by atoms with Crippen molar-refractivity contribution in [2.24, 2.45) is 0 Å². The van der Waals surface area contributed by atoms with Gasteiger partial charge in [-0.15, -0.1) is 0 Å². The number of aromatic nitrogens is 2. The lowest BCUT2D eigenvalue weighted by molar-refractivity contribution is 0.00578. The van der Waals surface area contributed by atoms with E-state index < -0.39 is 23.9 Å². The number of nitrogens with zero attached hydrogens (tertiary/aromatic N) is 3. The Kier molecular flexibility index (Phi) is 6.06. The number of hydrogen-bond donors (Lipinski definition) is 0. The summed E-state index contributed by atoms with van der Waals surface area (Å²) in [7, 11) is -0.462. The Morgan fingerprint density at radius 3 is 2.17 bits per heavy atom. The first-order valence-corrected chi connectivity index (χ1v) is 11.1. The van der Waals surface area contributed by atoms with Crippen molar-refractivity contribution >= 4 is 18.8 Å². The van der Waals surface area contributed by atoms with E-state index in [1.807, 2.05) is 25.7 Å². The number of hydrogen-bond acceptors (Lipinski definition) is 5. The van der Waals surface area contributed by atoms with Crippen LogP contribution in [0.3, 0.4) is 0 Å². The molecule has 2 aliphatic heterocycles. The monoisotopic (exact) mass is 419 g/mol. The normalized spacial score (nSPS) is 22.1. The molecule has 1 aromatic heterocycles. The molecule has 0 radical (unpaired) electrons. The third-order valence-corrected chi connectivity index (χ3v) is 6.30. The smallest absolute Gasteiger partial charge is 0.444 e. The second-order valence-corrected chi connectivity index (χ2v) is 10.9. The van der Waals surface area contributed by atoms with Crippen molar-refractivity contribution in [3.8, 4) is 0 Å². The molecule has 0 saturated carbocycles. The van der Waals surface area contributed by atoms with Crippen LogP contribution >= 0.6 is 0 Å². The zero-order chi connectivity index (χ0) is 22.5. The van der Waals surface area contributed by atoms with Crippen LogP contribution in [0.15, 0.2) is 6.20 Å². The minimum absolute atomic E-state index is 0.228. The van der Waals surface area contributed by atoms with Crippen molar-refractivity contribution < 1.29 is 18.8 Å². The molecule has 3 rings (SSSR count). The van der Waals surface area contributed by atoms with Gasteiger partial charge in [0.1, 0.15) is 11.4 Å². The van der Waals surface area contributed by atoms with E-state index in [9.17, 15) is 4.79 Å². The topological polar surface area (TPSA) is 65.8 Å². The minimum Gasteiger partial charge on any atom is -0.444 e. The average molecular weight is 419 g/mol. The summed E-state index contributed by atoms with van der Waals surface area (Å²) in [5, 5.41) is 0. The lowest BCUT2D eigenvalue weighted by Gasteiger charge is -2.34. The molecule has 0 bridgehead atoms. The summed E-state index contributed by atoms with van der Waals surface area (Å²) in [5.74, 6) is 1.32. The van der Waals surface area contributed by atoms with E-state index in [1.165, 1.54) is 0 Å². The van der Waals surface area contributed by atoms with Gasteiger partial charge in [-0.05, 0) is 61.3 Å². The van der Waals surface area contributed by atoms with Crippen LogP contribution in [-0.4, -0.2) is 57.6 Å². The van der Waals surface area contributed by atoms with Gasteiger partial charge in [0.25, 0.3) is 0 Å². The summed E-state index contributed by atoms with van der Waals surface area (Å²) in [4.78, 5) is 19.1. The van der Waals surface area contributed by atoms with E-state index in [0.717, 1.165) is 24.3 Å². The Labute approximate surface area is 181 Å². The van der Waals surface area contributed by atoms with Gasteiger partial charge in [0, 0.05) is 31.2 Å². The summed E-state index contributed by atoms with van der Waals surface area (Å²) >= 11 is 0. The maximum absolute atomic E-state index is 12.4. The number of amides is 1. The zero-order valence-electron chi connectivity index (χ0n) is 20.1. The molecule has 1 aromatic rings. The van der Waals surface area contributed by atoms with Gasteiger partial charge in [0.15, 0.2) is 0 Å². The number of likely N-dealkylation sites (tertiary alicyclic amines) is 1. The fourth-order valence-electron chi connectivity index (χ4n) is 3.88. The number of ether oxygens (including phenoxy) is 1. The number of piperidine rings is 1. The van der Waals surface area contributed by atoms with Gasteiger partial charge in [0.2, 0.25) is 0 Å². The highest BCUT2D eigenvalue weighted by molar-refractivity contribution is 6.61. The molecular formula is C22H38BN3O4. The number of rotatable bonds is 3. The Morgan fingerprint density at radius 1 is 1.17 bits per heavy atom. The Hall–Kier alpha value is -1.54. The highest BCUT2D eigenvalue weighted by Crippen LogP contribution is 2.37. The second-order valence-electron chi connectivity index (χ2n) is 10.9. The molecule has 0 aromatic carbocycles. The van der Waals surface area contributed by atoms with Crippen molar-refractivity contribution in [3.63, 3.8) is 0 Å². The van der Waals surface area contributed by atoms with Crippen LogP contribution in [0.5, 0.6) is 0 Å². The second kappa shape index (κ2) is 7.86. The number of carbonyl (C=O) groups excluding carboxylic acids is 1. The number of imidazole rings is 1. The third-order valence-electron chi connectivity index (χ3n) is 6.30. The molecule has 2 saturated heterocycles. The lowest BCUT2D eigenvalue weighted by Crippen LogP contribution is -2.42. The molecule has 168 valence electrons. The van der Waals surface area contributed by atoms with Crippen LogP contribution in [0.2, 0.25) is 0 Å². The van der Waals surface area contributed by atoms with Gasteiger partial charge in [-0.2, -0.15) is 0 Å². The standard InChI is InChI=1S/C22H38BN3O4/c1-15(2)18-24-17(23-29-21(6,7)22(8,9)30-23)14-26(18)16-10-12-25(13-11-16)19(27)28-20(3,4)5/h14-16H,10-13H2,1-9H3. The van der Waals surface area contributed by atoms with Gasteiger partial charge < -0.3 is 23.5 Å². The van der Waals surface area contributed by atoms with Crippen molar-refractivity contribution in [1.29, 1.82) is 0 Å². The summed E-state index contributed by atoms with van der Waals surface area (Å²) in [6.45, 7) is 19.6. The summed E-state index contributed by atoms with van der Waals surface area (Å²) in [5.41, 5.74) is -0.427. The highest BCUT2D eigenvalue weighted by atomic mass is 16.7. The molecular weight excluding hydrogens is 381 g/mol. The Morgan fingerprint density at radius 2 is 1.70 bits per heavy atom. The van der Waals surface area contributed by atoms with Gasteiger partial charge >= 0.3 is 13.2 Å².